The number of thioether (sulfide) groups is 1. The molecule has 0 aliphatic rings. The number of rotatable bonds is 5. The molecule has 4 aromatic rings. The first-order valence-electron chi connectivity index (χ1n) is 9.00. The number of carbonyl (C=O) groups excluding carboxylic acids is 1. The van der Waals surface area contributed by atoms with Gasteiger partial charge in [-0.05, 0) is 19.4 Å². The number of Topliss-reactive ketones (excluding diaryl/α,β-unsaturated/α-hetero) is 1. The van der Waals surface area contributed by atoms with Gasteiger partial charge in [-0.1, -0.05) is 71.4 Å². The molecule has 1 atom stereocenters. The van der Waals surface area contributed by atoms with Crippen molar-refractivity contribution in [2.75, 3.05) is 0 Å². The fraction of sp³-hybridized carbons (Fsp3) is 0.182. The van der Waals surface area contributed by atoms with E-state index in [0.717, 1.165) is 32.7 Å². The van der Waals surface area contributed by atoms with Gasteiger partial charge in [-0.25, -0.2) is 9.97 Å². The number of ketones is 1. The summed E-state index contributed by atoms with van der Waals surface area (Å²) in [7, 11) is 1.85. The lowest BCUT2D eigenvalue weighted by atomic mass is 10.0. The Morgan fingerprint density at radius 2 is 1.61 bits per heavy atom. The number of hydrogen-bond acceptors (Lipinski definition) is 5. The lowest BCUT2D eigenvalue weighted by molar-refractivity contribution is 0.0989. The second-order valence-electron chi connectivity index (χ2n) is 6.82. The number of benzene rings is 2. The molecule has 5 nitrogen and oxygen atoms in total. The van der Waals surface area contributed by atoms with Crippen LogP contribution in [0, 0.1) is 13.8 Å². The van der Waals surface area contributed by atoms with E-state index in [9.17, 15) is 4.79 Å². The van der Waals surface area contributed by atoms with Crippen molar-refractivity contribution in [3.05, 3.63) is 83.3 Å². The predicted molar refractivity (Wildman–Crippen MR) is 112 cm³/mol. The van der Waals surface area contributed by atoms with Crippen LogP contribution >= 0.6 is 11.8 Å². The highest BCUT2D eigenvalue weighted by Gasteiger charge is 2.25. The van der Waals surface area contributed by atoms with E-state index >= 15 is 0 Å². The maximum atomic E-state index is 13.4. The fourth-order valence-corrected chi connectivity index (χ4v) is 4.17. The molecule has 0 aliphatic carbocycles. The first-order valence-corrected chi connectivity index (χ1v) is 9.87. The van der Waals surface area contributed by atoms with Gasteiger partial charge in [-0.3, -0.25) is 9.48 Å². The third kappa shape index (κ3) is 3.55. The van der Waals surface area contributed by atoms with E-state index in [-0.39, 0.29) is 5.78 Å². The number of hydrogen-bond donors (Lipinski definition) is 0. The largest absolute Gasteiger partial charge is 0.293 e. The molecule has 140 valence electrons. The third-order valence-electron chi connectivity index (χ3n) is 4.68. The summed E-state index contributed by atoms with van der Waals surface area (Å²) in [6.07, 6.45) is 3.27. The van der Waals surface area contributed by atoms with Crippen LogP contribution in [0.15, 0.2) is 66.1 Å². The van der Waals surface area contributed by atoms with Crippen molar-refractivity contribution in [1.29, 1.82) is 0 Å². The van der Waals surface area contributed by atoms with Crippen LogP contribution in [0.5, 0.6) is 0 Å². The van der Waals surface area contributed by atoms with Gasteiger partial charge in [0, 0.05) is 12.6 Å². The lowest BCUT2D eigenvalue weighted by Gasteiger charge is -2.16. The van der Waals surface area contributed by atoms with E-state index in [0.29, 0.717) is 5.56 Å². The highest BCUT2D eigenvalue weighted by Crippen LogP contribution is 2.39. The molecule has 4 rings (SSSR count). The molecule has 0 bridgehead atoms. The Labute approximate surface area is 167 Å². The van der Waals surface area contributed by atoms with E-state index in [4.69, 9.17) is 0 Å². The second-order valence-corrected chi connectivity index (χ2v) is 7.92. The molecule has 0 saturated carbocycles. The van der Waals surface area contributed by atoms with Gasteiger partial charge in [0.1, 0.15) is 11.4 Å². The van der Waals surface area contributed by atoms with E-state index in [1.807, 2.05) is 69.4 Å². The number of nitrogens with zero attached hydrogens (tertiary/aromatic N) is 4. The smallest absolute Gasteiger partial charge is 0.180 e. The van der Waals surface area contributed by atoms with E-state index in [1.165, 1.54) is 18.1 Å². The predicted octanol–water partition coefficient (Wildman–Crippen LogP) is 4.70. The van der Waals surface area contributed by atoms with Crippen molar-refractivity contribution in [2.24, 2.45) is 7.05 Å². The topological polar surface area (TPSA) is 60.7 Å². The van der Waals surface area contributed by atoms with Crippen molar-refractivity contribution in [1.82, 2.24) is 19.7 Å². The first kappa shape index (κ1) is 18.4. The summed E-state index contributed by atoms with van der Waals surface area (Å²) in [5.74, 6) is 0.0597. The monoisotopic (exact) mass is 388 g/mol. The average molecular weight is 388 g/mol. The van der Waals surface area contributed by atoms with E-state index in [2.05, 4.69) is 15.1 Å². The van der Waals surface area contributed by atoms with Crippen molar-refractivity contribution in [3.63, 3.8) is 0 Å². The van der Waals surface area contributed by atoms with Gasteiger partial charge in [0.15, 0.2) is 11.4 Å². The summed E-state index contributed by atoms with van der Waals surface area (Å²) < 4.78 is 1.71. The summed E-state index contributed by atoms with van der Waals surface area (Å²) in [4.78, 5) is 22.1. The molecule has 2 aromatic heterocycles. The van der Waals surface area contributed by atoms with Gasteiger partial charge in [0.2, 0.25) is 0 Å². The molecule has 28 heavy (non-hydrogen) atoms. The number of aromatic nitrogens is 4. The second kappa shape index (κ2) is 7.56. The molecule has 6 heteroatoms. The molecule has 0 saturated heterocycles. The summed E-state index contributed by atoms with van der Waals surface area (Å²) in [6, 6.07) is 15.8. The highest BCUT2D eigenvalue weighted by molar-refractivity contribution is 8.00. The van der Waals surface area contributed by atoms with Gasteiger partial charge >= 0.3 is 0 Å². The Kier molecular flexibility index (Phi) is 4.96. The Bertz CT molecular complexity index is 1130. The standard InChI is InChI=1S/C22H20N4OS/c1-14-4-8-16(9-5-14)19(27)20(17-10-6-15(2)7-11-17)28-22-18-12-25-26(3)21(18)23-13-24-22/h4-13,20H,1-3H3. The van der Waals surface area contributed by atoms with Crippen LogP contribution < -0.4 is 0 Å². The first-order chi connectivity index (χ1) is 13.5. The van der Waals surface area contributed by atoms with Crippen molar-refractivity contribution in [2.45, 2.75) is 24.1 Å². The molecule has 0 N–H and O–H groups in total. The minimum atomic E-state index is -0.401. The minimum Gasteiger partial charge on any atom is -0.293 e. The van der Waals surface area contributed by atoms with Crippen molar-refractivity contribution < 1.29 is 4.79 Å². The van der Waals surface area contributed by atoms with Gasteiger partial charge < -0.3 is 0 Å². The quantitative estimate of drug-likeness (QED) is 0.282. The fourth-order valence-electron chi connectivity index (χ4n) is 3.03. The van der Waals surface area contributed by atoms with Gasteiger partial charge in [-0.2, -0.15) is 5.10 Å². The average Bonchev–Trinajstić information content (AvgIpc) is 3.09. The number of aryl methyl sites for hydroxylation is 3. The molecule has 2 aromatic carbocycles. The maximum Gasteiger partial charge on any atom is 0.180 e. The minimum absolute atomic E-state index is 0.0597. The van der Waals surface area contributed by atoms with Crippen molar-refractivity contribution in [3.8, 4) is 0 Å². The molecule has 0 amide bonds. The lowest BCUT2D eigenvalue weighted by Crippen LogP contribution is -2.10. The zero-order valence-electron chi connectivity index (χ0n) is 16.0. The van der Waals surface area contributed by atoms with Gasteiger partial charge in [0.25, 0.3) is 0 Å². The third-order valence-corrected chi connectivity index (χ3v) is 5.95. The van der Waals surface area contributed by atoms with E-state index in [1.54, 1.807) is 10.9 Å². The van der Waals surface area contributed by atoms with Crippen LogP contribution in [0.1, 0.15) is 32.3 Å². The van der Waals surface area contributed by atoms with Crippen LogP contribution in [0.25, 0.3) is 11.0 Å². The highest BCUT2D eigenvalue weighted by atomic mass is 32.2. The van der Waals surface area contributed by atoms with Crippen LogP contribution in [0.3, 0.4) is 0 Å². The van der Waals surface area contributed by atoms with Crippen LogP contribution in [-0.4, -0.2) is 25.5 Å². The molecule has 0 spiro atoms. The van der Waals surface area contributed by atoms with Crippen LogP contribution in [0.2, 0.25) is 0 Å². The summed E-state index contributed by atoms with van der Waals surface area (Å²) in [5, 5.41) is 5.48. The van der Waals surface area contributed by atoms with Crippen molar-refractivity contribution >= 4 is 28.6 Å². The summed E-state index contributed by atoms with van der Waals surface area (Å²) >= 11 is 1.44. The van der Waals surface area contributed by atoms with Gasteiger partial charge in [-0.15, -0.1) is 0 Å². The molecule has 2 heterocycles. The maximum absolute atomic E-state index is 13.4. The molecule has 0 radical (unpaired) electrons. The normalized spacial score (nSPS) is 12.2. The molecular weight excluding hydrogens is 368 g/mol. The van der Waals surface area contributed by atoms with Crippen LogP contribution in [-0.2, 0) is 7.05 Å². The van der Waals surface area contributed by atoms with Gasteiger partial charge in [0.05, 0.1) is 16.8 Å². The molecular formula is C22H20N4OS. The zero-order valence-corrected chi connectivity index (χ0v) is 16.8. The Balaban J connectivity index is 1.77. The number of fused-ring (bicyclic) bond motifs is 1. The Hall–Kier alpha value is -2.99. The molecule has 1 unspecified atom stereocenters. The SMILES string of the molecule is Cc1ccc(C(=O)C(Sc2ncnc3c2cnn3C)c2ccc(C)cc2)cc1. The summed E-state index contributed by atoms with van der Waals surface area (Å²) in [5.41, 5.74) is 4.69. The van der Waals surface area contributed by atoms with E-state index < -0.39 is 5.25 Å². The Morgan fingerprint density at radius 3 is 2.29 bits per heavy atom. The zero-order chi connectivity index (χ0) is 19.7. The summed E-state index contributed by atoms with van der Waals surface area (Å²) in [6.45, 7) is 4.05. The number of carbonyl (C=O) groups is 1. The van der Waals surface area contributed by atoms with Crippen LogP contribution in [0.4, 0.5) is 0 Å². The molecule has 0 fully saturated rings. The Morgan fingerprint density at radius 1 is 0.964 bits per heavy atom. The molecule has 0 aliphatic heterocycles.